The molecule has 13 rings (SSSR count). The van der Waals surface area contributed by atoms with Gasteiger partial charge in [-0.25, -0.2) is 0 Å². The van der Waals surface area contributed by atoms with Gasteiger partial charge in [0.1, 0.15) is 0 Å². The van der Waals surface area contributed by atoms with E-state index in [0.717, 1.165) is 19.3 Å². The van der Waals surface area contributed by atoms with Crippen molar-refractivity contribution >= 4 is 62.9 Å². The van der Waals surface area contributed by atoms with Crippen molar-refractivity contribution < 1.29 is 0 Å². The molecule has 4 heteroatoms. The molecule has 0 N–H and O–H groups in total. The summed E-state index contributed by atoms with van der Waals surface area (Å²) >= 11 is 0. The second kappa shape index (κ2) is 12.3. The number of para-hydroxylation sites is 1. The number of nitrogens with zero attached hydrogens (tertiary/aromatic N) is 3. The number of fused-ring (bicyclic) bond motifs is 12. The van der Waals surface area contributed by atoms with Gasteiger partial charge in [-0.3, -0.25) is 0 Å². The molecular weight excluding hydrogens is 749 g/mol. The van der Waals surface area contributed by atoms with Crippen molar-refractivity contribution in [2.75, 3.05) is 14.7 Å². The van der Waals surface area contributed by atoms with Gasteiger partial charge in [-0.05, 0) is 157 Å². The molecule has 0 radical (unpaired) electrons. The van der Waals surface area contributed by atoms with Gasteiger partial charge in [0, 0.05) is 50.6 Å². The fraction of sp³-hybridized carbons (Fsp3) is 0.276. The highest BCUT2D eigenvalue weighted by Gasteiger charge is 2.64. The first kappa shape index (κ1) is 36.6. The van der Waals surface area contributed by atoms with E-state index in [9.17, 15) is 0 Å². The molecule has 1 saturated carbocycles. The molecule has 0 amide bonds. The standard InChI is InChI=1S/C58H54BN3/c1-37-16-14-20-42(32-37)60-50-33-38(2)24-26-47(50)59-48-23-15-22-45-54(48)62(58(6)44-21-11-10-19-40(44)28-31-56(45,58)4)52-36-43(35-51(60)53(52)59)61-49-27-25-41(39-17-8-7-9-18-39)34-46(49)55(3)29-12-13-30-57(55,61)5/h7-11,14-27,32-36H,12-13,28-31H2,1-6H3. The summed E-state index contributed by atoms with van der Waals surface area (Å²) < 4.78 is 0. The van der Waals surface area contributed by atoms with Crippen LogP contribution < -0.4 is 31.1 Å². The van der Waals surface area contributed by atoms with Gasteiger partial charge in [0.05, 0.1) is 11.1 Å². The molecule has 62 heavy (non-hydrogen) atoms. The average molecular weight is 804 g/mol. The largest absolute Gasteiger partial charge is 0.334 e. The molecule has 2 aliphatic carbocycles. The Labute approximate surface area is 368 Å². The van der Waals surface area contributed by atoms with Gasteiger partial charge in [-0.1, -0.05) is 130 Å². The van der Waals surface area contributed by atoms with Gasteiger partial charge < -0.3 is 14.7 Å². The second-order valence-electron chi connectivity index (χ2n) is 20.5. The Kier molecular flexibility index (Phi) is 7.29. The molecule has 0 saturated heterocycles. The van der Waals surface area contributed by atoms with Crippen LogP contribution in [0.1, 0.15) is 93.2 Å². The zero-order chi connectivity index (χ0) is 41.9. The first-order chi connectivity index (χ1) is 30.0. The van der Waals surface area contributed by atoms with Crippen LogP contribution in [0.4, 0.5) is 39.8 Å². The van der Waals surface area contributed by atoms with E-state index in [-0.39, 0.29) is 28.6 Å². The first-order valence-electron chi connectivity index (χ1n) is 23.2. The molecule has 3 nitrogen and oxygen atoms in total. The number of aryl methyl sites for hydroxylation is 3. The number of hydrogen-bond acceptors (Lipinski definition) is 3. The predicted octanol–water partition coefficient (Wildman–Crippen LogP) is 12.6. The van der Waals surface area contributed by atoms with E-state index in [2.05, 4.69) is 202 Å². The van der Waals surface area contributed by atoms with Crippen LogP contribution in [0, 0.1) is 13.8 Å². The minimum atomic E-state index is -0.296. The third-order valence-electron chi connectivity index (χ3n) is 17.5. The fourth-order valence-electron chi connectivity index (χ4n) is 14.1. The van der Waals surface area contributed by atoms with E-state index in [1.54, 1.807) is 0 Å². The summed E-state index contributed by atoms with van der Waals surface area (Å²) in [7, 11) is 0. The van der Waals surface area contributed by atoms with Crippen molar-refractivity contribution in [3.8, 4) is 11.1 Å². The topological polar surface area (TPSA) is 9.72 Å². The predicted molar refractivity (Wildman–Crippen MR) is 262 cm³/mol. The molecular formula is C58H54BN3. The van der Waals surface area contributed by atoms with Gasteiger partial charge in [0.2, 0.25) is 0 Å². The highest BCUT2D eigenvalue weighted by molar-refractivity contribution is 7.00. The highest BCUT2D eigenvalue weighted by atomic mass is 15.3. The van der Waals surface area contributed by atoms with Crippen molar-refractivity contribution in [2.45, 2.75) is 102 Å². The van der Waals surface area contributed by atoms with Gasteiger partial charge in [-0.2, -0.15) is 0 Å². The Hall–Kier alpha value is -6.00. The summed E-state index contributed by atoms with van der Waals surface area (Å²) in [5, 5.41) is 0. The maximum Gasteiger partial charge on any atom is 0.252 e. The molecule has 304 valence electrons. The molecule has 0 bridgehead atoms. The van der Waals surface area contributed by atoms with Crippen LogP contribution in [0.5, 0.6) is 0 Å². The monoisotopic (exact) mass is 803 g/mol. The fourth-order valence-corrected chi connectivity index (χ4v) is 14.1. The lowest BCUT2D eigenvalue weighted by Crippen LogP contribution is -2.64. The lowest BCUT2D eigenvalue weighted by Gasteiger charge is -2.54. The van der Waals surface area contributed by atoms with Crippen LogP contribution in [0.25, 0.3) is 11.1 Å². The normalized spacial score (nSPS) is 25.6. The molecule has 1 fully saturated rings. The zero-order valence-electron chi connectivity index (χ0n) is 37.0. The lowest BCUT2D eigenvalue weighted by atomic mass is 9.33. The number of rotatable bonds is 3. The SMILES string of the molecule is Cc1cccc(N2c3cc(C)ccc3B3c4cccc5c4N(c4cc(N6c7ccc(-c8ccccc8)cc7C7(C)CCCCC67C)cc2c43)C2(C)c3ccccc3CCC52C)c1. The Bertz CT molecular complexity index is 3060. The Balaban J connectivity index is 1.15. The maximum absolute atomic E-state index is 2.87. The smallest absolute Gasteiger partial charge is 0.252 e. The minimum absolute atomic E-state index is 0.0126. The van der Waals surface area contributed by atoms with Crippen molar-refractivity contribution in [3.05, 3.63) is 179 Å². The summed E-state index contributed by atoms with van der Waals surface area (Å²) in [6.45, 7) is 15.0. The average Bonchev–Trinajstić information content (AvgIpc) is 3.63. The molecule has 0 spiro atoms. The van der Waals surface area contributed by atoms with Crippen LogP contribution in [-0.4, -0.2) is 12.3 Å². The third-order valence-corrected chi connectivity index (χ3v) is 17.5. The number of hydrogen-bond donors (Lipinski definition) is 0. The molecule has 7 aromatic rings. The molecule has 0 aromatic heterocycles. The van der Waals surface area contributed by atoms with Gasteiger partial charge >= 0.3 is 0 Å². The van der Waals surface area contributed by atoms with Gasteiger partial charge in [0.25, 0.3) is 6.71 Å². The van der Waals surface area contributed by atoms with Crippen LogP contribution in [0.15, 0.2) is 146 Å². The Morgan fingerprint density at radius 1 is 0.484 bits per heavy atom. The first-order valence-corrected chi connectivity index (χ1v) is 23.2. The van der Waals surface area contributed by atoms with Gasteiger partial charge in [0.15, 0.2) is 0 Å². The third kappa shape index (κ3) is 4.39. The Morgan fingerprint density at radius 3 is 2.10 bits per heavy atom. The van der Waals surface area contributed by atoms with Crippen LogP contribution in [0.3, 0.4) is 0 Å². The van der Waals surface area contributed by atoms with Crippen LogP contribution in [-0.2, 0) is 22.8 Å². The van der Waals surface area contributed by atoms with Crippen molar-refractivity contribution in [1.82, 2.24) is 0 Å². The molecule has 4 aliphatic heterocycles. The maximum atomic E-state index is 2.87. The number of benzene rings is 7. The quantitative estimate of drug-likeness (QED) is 0.165. The van der Waals surface area contributed by atoms with E-state index in [0.29, 0.717) is 0 Å². The van der Waals surface area contributed by atoms with E-state index in [1.165, 1.54) is 120 Å². The van der Waals surface area contributed by atoms with Crippen molar-refractivity contribution in [3.63, 3.8) is 0 Å². The molecule has 4 unspecified atom stereocenters. The second-order valence-corrected chi connectivity index (χ2v) is 20.5. The molecule has 4 atom stereocenters. The lowest BCUT2D eigenvalue weighted by molar-refractivity contribution is 0.195. The molecule has 7 aromatic carbocycles. The summed E-state index contributed by atoms with van der Waals surface area (Å²) in [4.78, 5) is 8.34. The van der Waals surface area contributed by atoms with E-state index < -0.39 is 0 Å². The summed E-state index contributed by atoms with van der Waals surface area (Å²) in [5.41, 5.74) is 24.2. The van der Waals surface area contributed by atoms with Crippen molar-refractivity contribution in [2.24, 2.45) is 0 Å². The van der Waals surface area contributed by atoms with Crippen LogP contribution in [0.2, 0.25) is 0 Å². The van der Waals surface area contributed by atoms with Crippen LogP contribution >= 0.6 is 0 Å². The van der Waals surface area contributed by atoms with Crippen molar-refractivity contribution in [1.29, 1.82) is 0 Å². The minimum Gasteiger partial charge on any atom is -0.334 e. The molecule has 4 heterocycles. The highest BCUT2D eigenvalue weighted by Crippen LogP contribution is 2.66. The molecule has 6 aliphatic rings. The Morgan fingerprint density at radius 2 is 1.24 bits per heavy atom. The summed E-state index contributed by atoms with van der Waals surface area (Å²) in [6, 6.07) is 56.8. The van der Waals surface area contributed by atoms with E-state index in [4.69, 9.17) is 0 Å². The number of anilines is 7. The summed E-state index contributed by atoms with van der Waals surface area (Å²) in [6.07, 6.45) is 7.04. The summed E-state index contributed by atoms with van der Waals surface area (Å²) in [5.74, 6) is 0. The van der Waals surface area contributed by atoms with Gasteiger partial charge in [-0.15, -0.1) is 0 Å². The van der Waals surface area contributed by atoms with E-state index in [1.807, 2.05) is 0 Å². The van der Waals surface area contributed by atoms with E-state index >= 15 is 0 Å². The zero-order valence-corrected chi connectivity index (χ0v) is 37.0.